The Kier molecular flexibility index (Phi) is 5.86. The summed E-state index contributed by atoms with van der Waals surface area (Å²) >= 11 is 2.52. The Balaban J connectivity index is 1.47. The molecule has 0 saturated heterocycles. The first kappa shape index (κ1) is 20.2. The maximum absolute atomic E-state index is 14.2. The normalized spacial score (nSPS) is 10.9. The van der Waals surface area contributed by atoms with Gasteiger partial charge in [0.05, 0.1) is 11.4 Å². The van der Waals surface area contributed by atoms with Gasteiger partial charge in [0, 0.05) is 23.6 Å². The highest BCUT2D eigenvalue weighted by molar-refractivity contribution is 7.98. The van der Waals surface area contributed by atoms with Crippen LogP contribution in [0.25, 0.3) is 11.5 Å². The van der Waals surface area contributed by atoms with E-state index >= 15 is 0 Å². The van der Waals surface area contributed by atoms with Crippen molar-refractivity contribution in [2.75, 3.05) is 4.90 Å². The van der Waals surface area contributed by atoms with Crippen LogP contribution in [0.2, 0.25) is 0 Å². The predicted octanol–water partition coefficient (Wildman–Crippen LogP) is 5.45. The fraction of sp³-hybridized carbons (Fsp3) is 0.100. The molecule has 10 heteroatoms. The third kappa shape index (κ3) is 4.39. The molecule has 0 N–H and O–H groups in total. The number of anilines is 2. The average Bonchev–Trinajstić information content (AvgIpc) is 3.38. The van der Waals surface area contributed by atoms with Gasteiger partial charge >= 0.3 is 0 Å². The van der Waals surface area contributed by atoms with Gasteiger partial charge in [0.2, 0.25) is 11.8 Å². The molecule has 152 valence electrons. The van der Waals surface area contributed by atoms with E-state index in [1.165, 1.54) is 59.2 Å². The SMILES string of the molecule is CC(=O)N(c1nc(CSc2nnc(-c3ccc(F)cc3)o2)cs1)c1ccccc1F. The highest BCUT2D eigenvalue weighted by Crippen LogP contribution is 2.32. The van der Waals surface area contributed by atoms with E-state index in [4.69, 9.17) is 4.42 Å². The fourth-order valence-corrected chi connectivity index (χ4v) is 4.26. The van der Waals surface area contributed by atoms with Gasteiger partial charge in [0.15, 0.2) is 5.13 Å². The molecule has 1 amide bonds. The second kappa shape index (κ2) is 8.72. The molecule has 0 bridgehead atoms. The van der Waals surface area contributed by atoms with Crippen molar-refractivity contribution in [3.8, 4) is 11.5 Å². The molecule has 0 radical (unpaired) electrons. The number of halogens is 2. The monoisotopic (exact) mass is 444 g/mol. The lowest BCUT2D eigenvalue weighted by molar-refractivity contribution is -0.115. The number of nitrogens with zero attached hydrogens (tertiary/aromatic N) is 4. The number of para-hydroxylation sites is 1. The van der Waals surface area contributed by atoms with Crippen molar-refractivity contribution in [3.05, 3.63) is 71.2 Å². The van der Waals surface area contributed by atoms with E-state index in [0.29, 0.717) is 33.3 Å². The third-order valence-electron chi connectivity index (χ3n) is 3.98. The summed E-state index contributed by atoms with van der Waals surface area (Å²) in [6.45, 7) is 1.36. The van der Waals surface area contributed by atoms with Crippen molar-refractivity contribution in [1.82, 2.24) is 15.2 Å². The molecule has 2 aromatic heterocycles. The van der Waals surface area contributed by atoms with E-state index < -0.39 is 5.82 Å². The van der Waals surface area contributed by atoms with E-state index in [9.17, 15) is 13.6 Å². The van der Waals surface area contributed by atoms with Gasteiger partial charge in [-0.2, -0.15) is 0 Å². The van der Waals surface area contributed by atoms with Crippen LogP contribution in [0.1, 0.15) is 12.6 Å². The van der Waals surface area contributed by atoms with Crippen molar-refractivity contribution in [2.45, 2.75) is 17.9 Å². The molecule has 2 heterocycles. The summed E-state index contributed by atoms with van der Waals surface area (Å²) in [4.78, 5) is 17.8. The first-order valence-corrected chi connectivity index (χ1v) is 10.6. The minimum absolute atomic E-state index is 0.152. The van der Waals surface area contributed by atoms with E-state index in [1.54, 1.807) is 29.6 Å². The van der Waals surface area contributed by atoms with Crippen molar-refractivity contribution < 1.29 is 18.0 Å². The number of thiazole rings is 1. The summed E-state index contributed by atoms with van der Waals surface area (Å²) in [5.41, 5.74) is 1.46. The number of benzene rings is 2. The topological polar surface area (TPSA) is 72.1 Å². The first-order valence-electron chi connectivity index (χ1n) is 8.73. The second-order valence-electron chi connectivity index (χ2n) is 6.10. The number of amides is 1. The van der Waals surface area contributed by atoms with Crippen LogP contribution in [-0.4, -0.2) is 21.1 Å². The molecule has 0 aliphatic heterocycles. The maximum Gasteiger partial charge on any atom is 0.277 e. The van der Waals surface area contributed by atoms with Gasteiger partial charge in [0.1, 0.15) is 11.6 Å². The maximum atomic E-state index is 14.2. The summed E-state index contributed by atoms with van der Waals surface area (Å²) in [5, 5.41) is 10.4. The molecule has 4 rings (SSSR count). The molecule has 0 fully saturated rings. The summed E-state index contributed by atoms with van der Waals surface area (Å²) in [7, 11) is 0. The molecule has 0 spiro atoms. The molecule has 0 unspecified atom stereocenters. The summed E-state index contributed by atoms with van der Waals surface area (Å²) in [5.74, 6) is -0.474. The summed E-state index contributed by atoms with van der Waals surface area (Å²) in [6.07, 6.45) is 0. The Morgan fingerprint density at radius 3 is 2.63 bits per heavy atom. The molecule has 0 aliphatic carbocycles. The Morgan fingerprint density at radius 2 is 1.90 bits per heavy atom. The van der Waals surface area contributed by atoms with Crippen LogP contribution in [0.5, 0.6) is 0 Å². The van der Waals surface area contributed by atoms with Crippen LogP contribution in [0.4, 0.5) is 19.6 Å². The van der Waals surface area contributed by atoms with Crippen molar-refractivity contribution >= 4 is 39.8 Å². The standard InChI is InChI=1S/C20H14F2N4O2S2/c1-12(27)26(17-5-3-2-4-16(17)22)19-23-15(10-29-19)11-30-20-25-24-18(28-20)13-6-8-14(21)9-7-13/h2-10H,11H2,1H3. The largest absolute Gasteiger partial charge is 0.411 e. The lowest BCUT2D eigenvalue weighted by Gasteiger charge is -2.18. The second-order valence-corrected chi connectivity index (χ2v) is 7.86. The molecule has 2 aromatic carbocycles. The van der Waals surface area contributed by atoms with Gasteiger partial charge in [-0.15, -0.1) is 21.5 Å². The number of aromatic nitrogens is 3. The quantitative estimate of drug-likeness (QED) is 0.368. The van der Waals surface area contributed by atoms with Crippen LogP contribution >= 0.6 is 23.1 Å². The Morgan fingerprint density at radius 1 is 1.13 bits per heavy atom. The van der Waals surface area contributed by atoms with E-state index in [-0.39, 0.29) is 17.4 Å². The number of carbonyl (C=O) groups is 1. The van der Waals surface area contributed by atoms with Crippen LogP contribution in [-0.2, 0) is 10.5 Å². The number of rotatable bonds is 6. The highest BCUT2D eigenvalue weighted by Gasteiger charge is 2.21. The lowest BCUT2D eigenvalue weighted by atomic mass is 10.2. The summed E-state index contributed by atoms with van der Waals surface area (Å²) < 4.78 is 32.8. The number of carbonyl (C=O) groups excluding carboxylic acids is 1. The third-order valence-corrected chi connectivity index (χ3v) is 5.71. The van der Waals surface area contributed by atoms with Crippen molar-refractivity contribution in [2.24, 2.45) is 0 Å². The zero-order chi connectivity index (χ0) is 21.1. The minimum atomic E-state index is -0.502. The smallest absolute Gasteiger partial charge is 0.277 e. The minimum Gasteiger partial charge on any atom is -0.411 e. The molecular formula is C20H14F2N4O2S2. The molecule has 0 aliphatic rings. The number of hydrogen-bond acceptors (Lipinski definition) is 7. The fourth-order valence-electron chi connectivity index (χ4n) is 2.62. The molecule has 4 aromatic rings. The van der Waals surface area contributed by atoms with Crippen LogP contribution in [0.3, 0.4) is 0 Å². The molecule has 30 heavy (non-hydrogen) atoms. The van der Waals surface area contributed by atoms with Gasteiger partial charge in [-0.3, -0.25) is 9.69 Å². The van der Waals surface area contributed by atoms with Gasteiger partial charge in [0.25, 0.3) is 5.22 Å². The van der Waals surface area contributed by atoms with E-state index in [2.05, 4.69) is 15.2 Å². The van der Waals surface area contributed by atoms with Crippen molar-refractivity contribution in [1.29, 1.82) is 0 Å². The van der Waals surface area contributed by atoms with Gasteiger partial charge in [-0.1, -0.05) is 23.9 Å². The zero-order valence-corrected chi connectivity index (χ0v) is 17.2. The van der Waals surface area contributed by atoms with Gasteiger partial charge in [-0.25, -0.2) is 13.8 Å². The van der Waals surface area contributed by atoms with E-state index in [0.717, 1.165) is 0 Å². The van der Waals surface area contributed by atoms with Gasteiger partial charge in [-0.05, 0) is 36.4 Å². The molecule has 6 nitrogen and oxygen atoms in total. The number of thioether (sulfide) groups is 1. The predicted molar refractivity (Wildman–Crippen MR) is 111 cm³/mol. The zero-order valence-electron chi connectivity index (χ0n) is 15.6. The van der Waals surface area contributed by atoms with Crippen LogP contribution in [0, 0.1) is 11.6 Å². The van der Waals surface area contributed by atoms with Gasteiger partial charge < -0.3 is 4.42 Å². The molecule has 0 saturated carbocycles. The first-order chi connectivity index (χ1) is 14.5. The Labute approximate surface area is 178 Å². The van der Waals surface area contributed by atoms with Crippen LogP contribution < -0.4 is 4.90 Å². The average molecular weight is 444 g/mol. The molecular weight excluding hydrogens is 430 g/mol. The molecule has 0 atom stereocenters. The number of hydrogen-bond donors (Lipinski definition) is 0. The Hall–Kier alpha value is -3.11. The Bertz CT molecular complexity index is 1180. The highest BCUT2D eigenvalue weighted by atomic mass is 32.2. The lowest BCUT2D eigenvalue weighted by Crippen LogP contribution is -2.23. The van der Waals surface area contributed by atoms with E-state index in [1.807, 2.05) is 0 Å². The summed E-state index contributed by atoms with van der Waals surface area (Å²) in [6, 6.07) is 11.8. The van der Waals surface area contributed by atoms with Crippen molar-refractivity contribution in [3.63, 3.8) is 0 Å². The van der Waals surface area contributed by atoms with Crippen LogP contribution in [0.15, 0.2) is 63.6 Å².